The van der Waals surface area contributed by atoms with Crippen molar-refractivity contribution in [3.05, 3.63) is 11.9 Å². The molecule has 2 rings (SSSR count). The van der Waals surface area contributed by atoms with Gasteiger partial charge in [0, 0.05) is 18.6 Å². The maximum Gasteiger partial charge on any atom is 0.287 e. The first-order valence-corrected chi connectivity index (χ1v) is 6.82. The number of hydrogen-bond donors (Lipinski definition) is 2. The normalized spacial score (nSPS) is 23.7. The number of hydrogen-bond acceptors (Lipinski definition) is 5. The summed E-state index contributed by atoms with van der Waals surface area (Å²) in [5.74, 6) is 4.65. The molecule has 0 aromatic carbocycles. The summed E-state index contributed by atoms with van der Waals surface area (Å²) in [7, 11) is 0. The Labute approximate surface area is 113 Å². The third-order valence-electron chi connectivity index (χ3n) is 3.91. The topological polar surface area (TPSA) is 89.1 Å². The second-order valence-corrected chi connectivity index (χ2v) is 5.07. The monoisotopic (exact) mass is 266 g/mol. The lowest BCUT2D eigenvalue weighted by atomic mass is 10.1. The summed E-state index contributed by atoms with van der Waals surface area (Å²) in [5.41, 5.74) is 2.30. The number of hydrazine groups is 1. The van der Waals surface area contributed by atoms with E-state index in [0.717, 1.165) is 13.1 Å². The third kappa shape index (κ3) is 3.10. The van der Waals surface area contributed by atoms with E-state index < -0.39 is 5.91 Å². The number of aromatic nitrogens is 3. The largest absolute Gasteiger partial charge is 0.296 e. The van der Waals surface area contributed by atoms with Crippen molar-refractivity contribution in [2.24, 2.45) is 5.84 Å². The van der Waals surface area contributed by atoms with Crippen LogP contribution in [0.5, 0.6) is 0 Å². The molecular weight excluding hydrogens is 244 g/mol. The maximum atomic E-state index is 11.3. The van der Waals surface area contributed by atoms with E-state index in [1.54, 1.807) is 10.9 Å². The number of nitrogens with one attached hydrogen (secondary N) is 1. The van der Waals surface area contributed by atoms with Gasteiger partial charge >= 0.3 is 0 Å². The van der Waals surface area contributed by atoms with E-state index in [9.17, 15) is 4.79 Å². The molecule has 0 bridgehead atoms. The first kappa shape index (κ1) is 14.0. The Morgan fingerprint density at radius 1 is 1.53 bits per heavy atom. The van der Waals surface area contributed by atoms with Crippen LogP contribution in [0.2, 0.25) is 0 Å². The van der Waals surface area contributed by atoms with Crippen LogP contribution in [0.25, 0.3) is 0 Å². The number of carbonyl (C=O) groups excluding carboxylic acids is 1. The fraction of sp³-hybridized carbons (Fsp3) is 0.750. The minimum absolute atomic E-state index is 0.254. The van der Waals surface area contributed by atoms with Crippen LogP contribution in [-0.4, -0.2) is 44.4 Å². The third-order valence-corrected chi connectivity index (χ3v) is 3.91. The summed E-state index contributed by atoms with van der Waals surface area (Å²) in [6, 6.07) is 1.30. The zero-order valence-corrected chi connectivity index (χ0v) is 11.5. The van der Waals surface area contributed by atoms with Gasteiger partial charge < -0.3 is 0 Å². The molecule has 1 aliphatic rings. The standard InChI is InChI=1S/C12H22N6O/c1-3-10-5-4-9(2)18(10)7-6-17-8-11(15-16-17)12(19)14-13/h8-10H,3-7,13H2,1-2H3,(H,14,19). The highest BCUT2D eigenvalue weighted by Crippen LogP contribution is 2.25. The Morgan fingerprint density at radius 2 is 2.32 bits per heavy atom. The molecule has 19 heavy (non-hydrogen) atoms. The molecule has 2 unspecified atom stereocenters. The second kappa shape index (κ2) is 6.12. The lowest BCUT2D eigenvalue weighted by Crippen LogP contribution is -2.36. The molecule has 0 saturated carbocycles. The van der Waals surface area contributed by atoms with Gasteiger partial charge in [0.25, 0.3) is 5.91 Å². The predicted molar refractivity (Wildman–Crippen MR) is 71.2 cm³/mol. The van der Waals surface area contributed by atoms with Crippen LogP contribution in [0.1, 0.15) is 43.6 Å². The van der Waals surface area contributed by atoms with Crippen molar-refractivity contribution in [1.82, 2.24) is 25.3 Å². The Bertz CT molecular complexity index is 432. The number of likely N-dealkylation sites (tertiary alicyclic amines) is 1. The van der Waals surface area contributed by atoms with Crippen molar-refractivity contribution in [2.75, 3.05) is 6.54 Å². The minimum Gasteiger partial charge on any atom is -0.296 e. The SMILES string of the molecule is CCC1CCC(C)N1CCn1cc(C(=O)NN)nn1. The first-order chi connectivity index (χ1) is 9.15. The van der Waals surface area contributed by atoms with Crippen LogP contribution in [-0.2, 0) is 6.54 Å². The molecule has 1 amide bonds. The number of nitrogens with two attached hydrogens (primary N) is 1. The summed E-state index contributed by atoms with van der Waals surface area (Å²) in [4.78, 5) is 13.8. The minimum atomic E-state index is -0.410. The van der Waals surface area contributed by atoms with Gasteiger partial charge in [-0.2, -0.15) is 0 Å². The van der Waals surface area contributed by atoms with Gasteiger partial charge in [0.05, 0.1) is 12.7 Å². The van der Waals surface area contributed by atoms with E-state index >= 15 is 0 Å². The van der Waals surface area contributed by atoms with E-state index in [2.05, 4.69) is 29.1 Å². The number of nitrogens with zero attached hydrogens (tertiary/aromatic N) is 4. The molecule has 2 heterocycles. The summed E-state index contributed by atoms with van der Waals surface area (Å²) < 4.78 is 1.70. The molecule has 106 valence electrons. The Balaban J connectivity index is 1.91. The van der Waals surface area contributed by atoms with Crippen molar-refractivity contribution in [2.45, 2.75) is 51.7 Å². The molecule has 1 fully saturated rings. The van der Waals surface area contributed by atoms with Gasteiger partial charge in [0.1, 0.15) is 0 Å². The molecular formula is C12H22N6O. The van der Waals surface area contributed by atoms with Crippen LogP contribution in [0, 0.1) is 0 Å². The van der Waals surface area contributed by atoms with E-state index in [1.807, 2.05) is 5.43 Å². The molecule has 7 heteroatoms. The zero-order chi connectivity index (χ0) is 13.8. The molecule has 1 aromatic rings. The summed E-state index contributed by atoms with van der Waals surface area (Å²) in [6.07, 6.45) is 5.35. The molecule has 1 aliphatic heterocycles. The predicted octanol–water partition coefficient (Wildman–Crippen LogP) is 0.145. The number of amides is 1. The molecule has 3 N–H and O–H groups in total. The first-order valence-electron chi connectivity index (χ1n) is 6.82. The Hall–Kier alpha value is -1.47. The van der Waals surface area contributed by atoms with E-state index in [0.29, 0.717) is 12.1 Å². The average molecular weight is 266 g/mol. The van der Waals surface area contributed by atoms with Gasteiger partial charge in [-0.25, -0.2) is 5.84 Å². The summed E-state index contributed by atoms with van der Waals surface area (Å²) >= 11 is 0. The van der Waals surface area contributed by atoms with Crippen molar-refractivity contribution >= 4 is 5.91 Å². The van der Waals surface area contributed by atoms with Gasteiger partial charge in [0.2, 0.25) is 0 Å². The van der Waals surface area contributed by atoms with Crippen molar-refractivity contribution in [3.63, 3.8) is 0 Å². The van der Waals surface area contributed by atoms with E-state index in [1.165, 1.54) is 19.3 Å². The van der Waals surface area contributed by atoms with Gasteiger partial charge in [-0.1, -0.05) is 12.1 Å². The number of carbonyl (C=O) groups is 1. The van der Waals surface area contributed by atoms with Crippen LogP contribution in [0.4, 0.5) is 0 Å². The fourth-order valence-electron chi connectivity index (χ4n) is 2.77. The van der Waals surface area contributed by atoms with Crippen LogP contribution >= 0.6 is 0 Å². The van der Waals surface area contributed by atoms with Crippen LogP contribution in [0.3, 0.4) is 0 Å². The van der Waals surface area contributed by atoms with Crippen molar-refractivity contribution in [1.29, 1.82) is 0 Å². The Kier molecular flexibility index (Phi) is 4.49. The van der Waals surface area contributed by atoms with Crippen LogP contribution < -0.4 is 11.3 Å². The summed E-state index contributed by atoms with van der Waals surface area (Å²) in [6.45, 7) is 6.18. The van der Waals surface area contributed by atoms with Crippen molar-refractivity contribution < 1.29 is 4.79 Å². The molecule has 0 radical (unpaired) electrons. The van der Waals surface area contributed by atoms with Crippen LogP contribution in [0.15, 0.2) is 6.20 Å². The quantitative estimate of drug-likeness (QED) is 0.450. The molecule has 0 spiro atoms. The number of nitrogen functional groups attached to an aromatic ring is 1. The second-order valence-electron chi connectivity index (χ2n) is 5.07. The van der Waals surface area contributed by atoms with Gasteiger partial charge in [-0.05, 0) is 26.2 Å². The van der Waals surface area contributed by atoms with E-state index in [-0.39, 0.29) is 5.69 Å². The molecule has 7 nitrogen and oxygen atoms in total. The molecule has 1 aromatic heterocycles. The van der Waals surface area contributed by atoms with Crippen molar-refractivity contribution in [3.8, 4) is 0 Å². The van der Waals surface area contributed by atoms with E-state index in [4.69, 9.17) is 5.84 Å². The fourth-order valence-corrected chi connectivity index (χ4v) is 2.77. The highest BCUT2D eigenvalue weighted by Gasteiger charge is 2.28. The maximum absolute atomic E-state index is 11.3. The smallest absolute Gasteiger partial charge is 0.287 e. The lowest BCUT2D eigenvalue weighted by molar-refractivity contribution is 0.0948. The highest BCUT2D eigenvalue weighted by molar-refractivity contribution is 5.91. The van der Waals surface area contributed by atoms with Gasteiger partial charge in [-0.3, -0.25) is 19.8 Å². The van der Waals surface area contributed by atoms with Gasteiger partial charge in [-0.15, -0.1) is 5.10 Å². The lowest BCUT2D eigenvalue weighted by Gasteiger charge is -2.27. The highest BCUT2D eigenvalue weighted by atomic mass is 16.2. The molecule has 1 saturated heterocycles. The zero-order valence-electron chi connectivity index (χ0n) is 11.5. The summed E-state index contributed by atoms with van der Waals surface area (Å²) in [5, 5.41) is 7.74. The molecule has 0 aliphatic carbocycles. The molecule has 2 atom stereocenters. The van der Waals surface area contributed by atoms with Gasteiger partial charge in [0.15, 0.2) is 5.69 Å². The number of rotatable bonds is 5. The average Bonchev–Trinajstić information content (AvgIpc) is 3.02. The Morgan fingerprint density at radius 3 is 3.00 bits per heavy atom.